The van der Waals surface area contributed by atoms with Crippen LogP contribution < -0.4 is 15.2 Å². The highest BCUT2D eigenvalue weighted by Crippen LogP contribution is 2.33. The van der Waals surface area contributed by atoms with Crippen LogP contribution in [0.4, 0.5) is 5.82 Å². The van der Waals surface area contributed by atoms with Gasteiger partial charge in [-0.1, -0.05) is 18.2 Å². The summed E-state index contributed by atoms with van der Waals surface area (Å²) in [5, 5.41) is 0. The van der Waals surface area contributed by atoms with Crippen molar-refractivity contribution in [2.24, 2.45) is 0 Å². The van der Waals surface area contributed by atoms with Crippen LogP contribution in [0.25, 0.3) is 0 Å². The fourth-order valence-electron chi connectivity index (χ4n) is 2.16. The molecule has 0 saturated carbocycles. The Hall–Kier alpha value is -1.64. The van der Waals surface area contributed by atoms with Crippen LogP contribution >= 0.6 is 15.9 Å². The van der Waals surface area contributed by atoms with E-state index in [9.17, 15) is 8.42 Å². The Bertz CT molecular complexity index is 795. The van der Waals surface area contributed by atoms with Gasteiger partial charge in [-0.25, -0.2) is 13.4 Å². The standard InChI is InChI=1S/C13H12BrN3O3S/c14-8-5-12(13(15)16-6-8)21(18,19)17-10-7-20-11-4-2-1-3-9(10)11/h1-6,10,17H,7H2,(H2,15,16). The summed E-state index contributed by atoms with van der Waals surface area (Å²) in [5.41, 5.74) is 6.47. The van der Waals surface area contributed by atoms with Gasteiger partial charge in [-0.3, -0.25) is 0 Å². The topological polar surface area (TPSA) is 94.3 Å². The monoisotopic (exact) mass is 369 g/mol. The van der Waals surface area contributed by atoms with Crippen molar-refractivity contribution in [1.29, 1.82) is 0 Å². The third-order valence-electron chi connectivity index (χ3n) is 3.14. The normalized spacial score (nSPS) is 17.3. The molecule has 8 heteroatoms. The van der Waals surface area contributed by atoms with E-state index in [2.05, 4.69) is 25.6 Å². The van der Waals surface area contributed by atoms with Crippen molar-refractivity contribution in [3.05, 3.63) is 46.6 Å². The number of nitrogens with two attached hydrogens (primary N) is 1. The predicted molar refractivity (Wildman–Crippen MR) is 81.3 cm³/mol. The molecule has 1 aliphatic heterocycles. The minimum Gasteiger partial charge on any atom is -0.491 e. The third kappa shape index (κ3) is 2.74. The molecule has 1 aromatic heterocycles. The molecule has 0 aliphatic carbocycles. The number of aromatic nitrogens is 1. The summed E-state index contributed by atoms with van der Waals surface area (Å²) in [6.07, 6.45) is 1.45. The van der Waals surface area contributed by atoms with Gasteiger partial charge in [-0.05, 0) is 28.1 Å². The minimum absolute atomic E-state index is 0.0436. The fraction of sp³-hybridized carbons (Fsp3) is 0.154. The summed E-state index contributed by atoms with van der Waals surface area (Å²) < 4.78 is 33.5. The Morgan fingerprint density at radius 1 is 1.38 bits per heavy atom. The number of nitrogens with one attached hydrogen (secondary N) is 1. The van der Waals surface area contributed by atoms with Crippen molar-refractivity contribution in [1.82, 2.24) is 9.71 Å². The number of anilines is 1. The maximum Gasteiger partial charge on any atom is 0.244 e. The van der Waals surface area contributed by atoms with Gasteiger partial charge in [0, 0.05) is 16.2 Å². The Labute approximate surface area is 130 Å². The van der Waals surface area contributed by atoms with Gasteiger partial charge in [0.05, 0.1) is 6.04 Å². The molecule has 2 aromatic rings. The van der Waals surface area contributed by atoms with E-state index >= 15 is 0 Å². The molecule has 6 nitrogen and oxygen atoms in total. The van der Waals surface area contributed by atoms with Gasteiger partial charge in [0.15, 0.2) is 0 Å². The van der Waals surface area contributed by atoms with E-state index in [0.717, 1.165) is 5.56 Å². The van der Waals surface area contributed by atoms with Crippen LogP contribution in [0.15, 0.2) is 45.9 Å². The lowest BCUT2D eigenvalue weighted by Crippen LogP contribution is -2.30. The van der Waals surface area contributed by atoms with Gasteiger partial charge >= 0.3 is 0 Å². The largest absolute Gasteiger partial charge is 0.491 e. The number of sulfonamides is 1. The fourth-order valence-corrected chi connectivity index (χ4v) is 3.95. The summed E-state index contributed by atoms with van der Waals surface area (Å²) in [5.74, 6) is 0.642. The van der Waals surface area contributed by atoms with Crippen LogP contribution in [0.5, 0.6) is 5.75 Å². The Kier molecular flexibility index (Phi) is 3.60. The zero-order chi connectivity index (χ0) is 15.0. The molecule has 21 heavy (non-hydrogen) atoms. The van der Waals surface area contributed by atoms with Crippen LogP contribution in [-0.2, 0) is 10.0 Å². The van der Waals surface area contributed by atoms with Crippen LogP contribution in [0.2, 0.25) is 0 Å². The maximum atomic E-state index is 12.5. The number of rotatable bonds is 3. The molecule has 0 fully saturated rings. The highest BCUT2D eigenvalue weighted by Gasteiger charge is 2.29. The molecule has 2 heterocycles. The Balaban J connectivity index is 1.93. The molecule has 3 rings (SSSR count). The molecule has 0 radical (unpaired) electrons. The zero-order valence-corrected chi connectivity index (χ0v) is 13.2. The highest BCUT2D eigenvalue weighted by molar-refractivity contribution is 9.10. The number of nitrogen functional groups attached to an aromatic ring is 1. The number of halogens is 1. The first-order valence-corrected chi connectivity index (χ1v) is 8.40. The van der Waals surface area contributed by atoms with E-state index in [4.69, 9.17) is 10.5 Å². The molecule has 3 N–H and O–H groups in total. The second kappa shape index (κ2) is 5.28. The number of hydrogen-bond donors (Lipinski definition) is 2. The smallest absolute Gasteiger partial charge is 0.244 e. The third-order valence-corrected chi connectivity index (χ3v) is 5.07. The van der Waals surface area contributed by atoms with Gasteiger partial charge in [0.1, 0.15) is 23.1 Å². The summed E-state index contributed by atoms with van der Waals surface area (Å²) in [6.45, 7) is 0.250. The number of pyridine rings is 1. The van der Waals surface area contributed by atoms with Crippen molar-refractivity contribution >= 4 is 31.8 Å². The van der Waals surface area contributed by atoms with Crippen molar-refractivity contribution in [3.8, 4) is 5.75 Å². The molecule has 1 atom stereocenters. The van der Waals surface area contributed by atoms with Crippen LogP contribution in [0.1, 0.15) is 11.6 Å². The maximum absolute atomic E-state index is 12.5. The second-order valence-corrected chi connectivity index (χ2v) is 7.16. The number of hydrogen-bond acceptors (Lipinski definition) is 5. The second-order valence-electron chi connectivity index (χ2n) is 4.56. The molecular weight excluding hydrogens is 358 g/mol. The van der Waals surface area contributed by atoms with Gasteiger partial charge in [0.2, 0.25) is 10.0 Å². The zero-order valence-electron chi connectivity index (χ0n) is 10.8. The van der Waals surface area contributed by atoms with E-state index < -0.39 is 16.1 Å². The highest BCUT2D eigenvalue weighted by atomic mass is 79.9. The average molecular weight is 370 g/mol. The molecule has 1 unspecified atom stereocenters. The number of benzene rings is 1. The van der Waals surface area contributed by atoms with E-state index in [1.54, 1.807) is 6.07 Å². The first-order valence-electron chi connectivity index (χ1n) is 6.12. The predicted octanol–water partition coefficient (Wildman–Crippen LogP) is 1.84. The minimum atomic E-state index is -3.79. The van der Waals surface area contributed by atoms with Crippen molar-refractivity contribution in [2.45, 2.75) is 10.9 Å². The Morgan fingerprint density at radius 2 is 2.14 bits per heavy atom. The molecular formula is C13H12BrN3O3S. The van der Waals surface area contributed by atoms with Crippen LogP contribution in [-0.4, -0.2) is 20.0 Å². The van der Waals surface area contributed by atoms with Gasteiger partial charge in [-0.15, -0.1) is 0 Å². The molecule has 0 saturated heterocycles. The molecule has 0 amide bonds. The number of ether oxygens (including phenoxy) is 1. The molecule has 0 spiro atoms. The van der Waals surface area contributed by atoms with Gasteiger partial charge in [-0.2, -0.15) is 4.72 Å². The number of fused-ring (bicyclic) bond motifs is 1. The first-order chi connectivity index (χ1) is 9.97. The number of para-hydroxylation sites is 1. The van der Waals surface area contributed by atoms with Crippen molar-refractivity contribution < 1.29 is 13.2 Å². The van der Waals surface area contributed by atoms with E-state index in [1.807, 2.05) is 18.2 Å². The molecule has 1 aliphatic rings. The lowest BCUT2D eigenvalue weighted by Gasteiger charge is -2.13. The average Bonchev–Trinajstić information content (AvgIpc) is 2.84. The van der Waals surface area contributed by atoms with Crippen LogP contribution in [0.3, 0.4) is 0 Å². The lowest BCUT2D eigenvalue weighted by atomic mass is 10.1. The first kappa shape index (κ1) is 14.3. The Morgan fingerprint density at radius 3 is 2.95 bits per heavy atom. The van der Waals surface area contributed by atoms with E-state index in [-0.39, 0.29) is 17.3 Å². The van der Waals surface area contributed by atoms with Gasteiger partial charge in [0.25, 0.3) is 0 Å². The van der Waals surface area contributed by atoms with Crippen molar-refractivity contribution in [2.75, 3.05) is 12.3 Å². The van der Waals surface area contributed by atoms with Gasteiger partial charge < -0.3 is 10.5 Å². The molecule has 110 valence electrons. The summed E-state index contributed by atoms with van der Waals surface area (Å²) in [4.78, 5) is 3.79. The van der Waals surface area contributed by atoms with Crippen molar-refractivity contribution in [3.63, 3.8) is 0 Å². The molecule has 0 bridgehead atoms. The van der Waals surface area contributed by atoms with E-state index in [0.29, 0.717) is 10.2 Å². The van der Waals surface area contributed by atoms with E-state index in [1.165, 1.54) is 12.3 Å². The molecule has 1 aromatic carbocycles. The van der Waals surface area contributed by atoms with Crippen LogP contribution in [0, 0.1) is 0 Å². The summed E-state index contributed by atoms with van der Waals surface area (Å²) in [7, 11) is -3.79. The SMILES string of the molecule is Nc1ncc(Br)cc1S(=O)(=O)NC1COc2ccccc21. The summed E-state index contributed by atoms with van der Waals surface area (Å²) in [6, 6.07) is 8.29. The quantitative estimate of drug-likeness (QED) is 0.860. The lowest BCUT2D eigenvalue weighted by molar-refractivity contribution is 0.325. The summed E-state index contributed by atoms with van der Waals surface area (Å²) >= 11 is 3.19. The number of nitrogens with zero attached hydrogens (tertiary/aromatic N) is 1.